The van der Waals surface area contributed by atoms with Gasteiger partial charge in [0.25, 0.3) is 0 Å². The van der Waals surface area contributed by atoms with Crippen LogP contribution in [-0.2, 0) is 10.8 Å². The minimum Gasteiger partial charge on any atom is -0.455 e. The van der Waals surface area contributed by atoms with Crippen LogP contribution in [-0.4, -0.2) is 9.13 Å². The average molecular weight is 1240 g/mol. The summed E-state index contributed by atoms with van der Waals surface area (Å²) in [7, 11) is 0. The summed E-state index contributed by atoms with van der Waals surface area (Å²) in [6.07, 6.45) is 0. The normalized spacial score (nSPS) is 12.3. The van der Waals surface area contributed by atoms with Crippen molar-refractivity contribution in [3.8, 4) is 33.6 Å². The minimum absolute atomic E-state index is 0.0158. The Kier molecular flexibility index (Phi) is 13.0. The van der Waals surface area contributed by atoms with Gasteiger partial charge in [-0.15, -0.1) is 0 Å². The maximum Gasteiger partial charge on any atom is 0.143 e. The van der Waals surface area contributed by atoms with Gasteiger partial charge in [0, 0.05) is 88.3 Å². The molecule has 0 aliphatic carbocycles. The third-order valence-corrected chi connectivity index (χ3v) is 19.8. The quantitative estimate of drug-likeness (QED) is 0.137. The number of hydrogen-bond donors (Lipinski definition) is 0. The van der Waals surface area contributed by atoms with Crippen LogP contribution in [0.4, 0.5) is 34.1 Å². The van der Waals surface area contributed by atoms with E-state index in [1.165, 1.54) is 32.7 Å². The van der Waals surface area contributed by atoms with Crippen molar-refractivity contribution in [2.24, 2.45) is 0 Å². The van der Waals surface area contributed by atoms with E-state index in [2.05, 4.69) is 364 Å². The molecule has 0 atom stereocenters. The average Bonchev–Trinajstić information content (AvgIpc) is 1.49. The fourth-order valence-electron chi connectivity index (χ4n) is 15.2. The Morgan fingerprint density at radius 1 is 0.271 bits per heavy atom. The number of nitrogens with zero attached hydrogens (tertiary/aromatic N) is 4. The molecule has 460 valence electrons. The van der Waals surface area contributed by atoms with Gasteiger partial charge in [0.15, 0.2) is 0 Å². The Morgan fingerprint density at radius 2 is 0.625 bits per heavy atom. The van der Waals surface area contributed by atoms with Crippen molar-refractivity contribution in [3.63, 3.8) is 0 Å². The van der Waals surface area contributed by atoms with E-state index < -0.39 is 0 Å². The van der Waals surface area contributed by atoms with E-state index in [-0.39, 0.29) is 10.8 Å². The lowest BCUT2D eigenvalue weighted by Crippen LogP contribution is -2.12. The fraction of sp³-hybridized carbons (Fsp3) is 0.0889. The van der Waals surface area contributed by atoms with Gasteiger partial charge in [0.2, 0.25) is 0 Å². The zero-order valence-electron chi connectivity index (χ0n) is 54.5. The number of fused-ring (bicyclic) bond motifs is 13. The summed E-state index contributed by atoms with van der Waals surface area (Å²) in [5, 5.41) is 11.0. The van der Waals surface area contributed by atoms with Gasteiger partial charge in [0.05, 0.1) is 33.4 Å². The molecule has 0 aliphatic rings. The number of hydrogen-bond acceptors (Lipinski definition) is 4. The Balaban J connectivity index is 0.871. The molecule has 0 amide bonds. The highest BCUT2D eigenvalue weighted by atomic mass is 16.3. The maximum absolute atomic E-state index is 7.35. The van der Waals surface area contributed by atoms with Gasteiger partial charge in [0.1, 0.15) is 22.3 Å². The molecule has 4 aromatic heterocycles. The van der Waals surface area contributed by atoms with Gasteiger partial charge in [-0.25, -0.2) is 0 Å². The number of para-hydroxylation sites is 6. The molecule has 6 nitrogen and oxygen atoms in total. The van der Waals surface area contributed by atoms with E-state index >= 15 is 0 Å². The van der Waals surface area contributed by atoms with Gasteiger partial charge >= 0.3 is 0 Å². The van der Waals surface area contributed by atoms with E-state index in [0.29, 0.717) is 0 Å². The highest BCUT2D eigenvalue weighted by Crippen LogP contribution is 2.52. The van der Waals surface area contributed by atoms with Crippen molar-refractivity contribution < 1.29 is 8.83 Å². The lowest BCUT2D eigenvalue weighted by molar-refractivity contribution is 0.590. The summed E-state index contributed by atoms with van der Waals surface area (Å²) in [6.45, 7) is 13.6. The first kappa shape index (κ1) is 56.9. The van der Waals surface area contributed by atoms with Crippen molar-refractivity contribution in [3.05, 3.63) is 314 Å². The molecule has 0 spiro atoms. The van der Waals surface area contributed by atoms with Crippen LogP contribution in [0.3, 0.4) is 0 Å². The van der Waals surface area contributed by atoms with E-state index in [0.717, 1.165) is 144 Å². The molecular formula is C90H68N4O2. The van der Waals surface area contributed by atoms with Crippen LogP contribution in [0, 0.1) is 0 Å². The van der Waals surface area contributed by atoms with Crippen LogP contribution in [0.2, 0.25) is 0 Å². The molecule has 0 unspecified atom stereocenters. The molecule has 4 heterocycles. The minimum atomic E-state index is 0.0158. The first-order chi connectivity index (χ1) is 46.9. The molecule has 0 N–H and O–H groups in total. The van der Waals surface area contributed by atoms with Crippen LogP contribution in [0.25, 0.3) is 132 Å². The molecule has 0 saturated heterocycles. The molecule has 0 saturated carbocycles. The number of anilines is 6. The van der Waals surface area contributed by atoms with Crippen molar-refractivity contribution in [2.45, 2.75) is 52.4 Å². The lowest BCUT2D eigenvalue weighted by Gasteiger charge is -2.27. The van der Waals surface area contributed by atoms with Crippen LogP contribution < -0.4 is 9.80 Å². The first-order valence-electron chi connectivity index (χ1n) is 33.3. The second-order valence-corrected chi connectivity index (χ2v) is 27.6. The van der Waals surface area contributed by atoms with Gasteiger partial charge in [-0.1, -0.05) is 224 Å². The topological polar surface area (TPSA) is 42.6 Å². The Morgan fingerprint density at radius 3 is 1.01 bits per heavy atom. The predicted molar refractivity (Wildman–Crippen MR) is 405 cm³/mol. The van der Waals surface area contributed by atoms with Crippen LogP contribution in [0.5, 0.6) is 0 Å². The molecule has 0 radical (unpaired) electrons. The molecule has 18 aromatic rings. The van der Waals surface area contributed by atoms with Gasteiger partial charge < -0.3 is 27.8 Å². The van der Waals surface area contributed by atoms with Crippen LogP contribution >= 0.6 is 0 Å². The molecule has 0 fully saturated rings. The third-order valence-electron chi connectivity index (χ3n) is 19.8. The summed E-state index contributed by atoms with van der Waals surface area (Å²) in [6, 6.07) is 111. The Labute approximate surface area is 557 Å². The van der Waals surface area contributed by atoms with E-state index in [4.69, 9.17) is 8.83 Å². The molecule has 96 heavy (non-hydrogen) atoms. The highest BCUT2D eigenvalue weighted by molar-refractivity contribution is 6.27. The molecular weight excluding hydrogens is 1170 g/mol. The smallest absolute Gasteiger partial charge is 0.143 e. The third kappa shape index (κ3) is 9.07. The predicted octanol–water partition coefficient (Wildman–Crippen LogP) is 25.7. The maximum atomic E-state index is 7.35. The lowest BCUT2D eigenvalue weighted by atomic mass is 9.87. The standard InChI is InChI=1S/C90H68N4O2/c1-89(2,3)59-41-45-63(46-42-59)93-77-37-21-19-33-67(77)69-35-23-39-79(85(69)93)91(61-29-15-9-16-30-61)65-49-51-81-71(53-65)75-55-73-74(83(87(75)95-81)57-25-11-7-12-26-57)56-76-72-54-66(50-52-82(72)96-88(76)84(73)58-27-13-8-14-28-58)92(62-31-17-10-18-32-62)80-40-24-36-70-68-34-20-22-38-78(68)94(86(70)80)64-47-43-60(44-48-64)90(4,5)6/h7-56H,1-6H3. The first-order valence-corrected chi connectivity index (χ1v) is 33.3. The second kappa shape index (κ2) is 21.9. The molecule has 0 aliphatic heterocycles. The Hall–Kier alpha value is -11.9. The van der Waals surface area contributed by atoms with Crippen molar-refractivity contribution >= 4 is 132 Å². The summed E-state index contributed by atoms with van der Waals surface area (Å²) >= 11 is 0. The van der Waals surface area contributed by atoms with Crippen molar-refractivity contribution in [1.29, 1.82) is 0 Å². The molecule has 18 rings (SSSR count). The molecule has 0 bridgehead atoms. The van der Waals surface area contributed by atoms with Gasteiger partial charge in [-0.3, -0.25) is 0 Å². The van der Waals surface area contributed by atoms with E-state index in [1.807, 2.05) is 0 Å². The monoisotopic (exact) mass is 1240 g/mol. The summed E-state index contributed by atoms with van der Waals surface area (Å²) in [5.41, 5.74) is 23.1. The van der Waals surface area contributed by atoms with Gasteiger partial charge in [-0.2, -0.15) is 0 Å². The van der Waals surface area contributed by atoms with Gasteiger partial charge in [-0.05, 0) is 165 Å². The number of benzene rings is 14. The fourth-order valence-corrected chi connectivity index (χ4v) is 15.2. The summed E-state index contributed by atoms with van der Waals surface area (Å²) < 4.78 is 19.6. The zero-order chi connectivity index (χ0) is 64.6. The SMILES string of the molecule is CC(C)(C)c1ccc(-n2c3ccccc3c3cccc(N(c4ccccc4)c4ccc5oc6c(-c7ccccc7)c7cc8c(oc9ccc(N(c%10ccccc%10)c%10cccc%11c%12ccccc%12n(-c%12ccc(C(C)(C)C)cc%12)c%10%11)cc98)c(-c8ccccc8)c7cc6c5c4)c32)cc1. The zero-order valence-corrected chi connectivity index (χ0v) is 54.5. The summed E-state index contributed by atoms with van der Waals surface area (Å²) in [5.74, 6) is 0. The second-order valence-electron chi connectivity index (χ2n) is 27.6. The van der Waals surface area contributed by atoms with Crippen molar-refractivity contribution in [1.82, 2.24) is 9.13 Å². The van der Waals surface area contributed by atoms with Crippen molar-refractivity contribution in [2.75, 3.05) is 9.80 Å². The number of furan rings is 2. The van der Waals surface area contributed by atoms with Crippen LogP contribution in [0.1, 0.15) is 52.7 Å². The van der Waals surface area contributed by atoms with E-state index in [1.54, 1.807) is 0 Å². The number of aromatic nitrogens is 2. The molecule has 6 heteroatoms. The number of rotatable bonds is 10. The highest BCUT2D eigenvalue weighted by Gasteiger charge is 2.29. The summed E-state index contributed by atoms with van der Waals surface area (Å²) in [4.78, 5) is 4.84. The van der Waals surface area contributed by atoms with E-state index in [9.17, 15) is 0 Å². The molecule has 14 aromatic carbocycles. The largest absolute Gasteiger partial charge is 0.455 e. The van der Waals surface area contributed by atoms with Crippen LogP contribution in [0.15, 0.2) is 312 Å². The Bertz CT molecular complexity index is 5690.